The maximum atomic E-state index is 12.8. The summed E-state index contributed by atoms with van der Waals surface area (Å²) in [6.45, 7) is 1.61. The number of amides is 2. The second-order valence-electron chi connectivity index (χ2n) is 5.14. The molecule has 24 heavy (non-hydrogen) atoms. The van der Waals surface area contributed by atoms with Gasteiger partial charge in [0, 0.05) is 0 Å². The molecule has 0 fully saturated rings. The van der Waals surface area contributed by atoms with Crippen LogP contribution < -0.4 is 15.4 Å². The van der Waals surface area contributed by atoms with Crippen LogP contribution in [0.2, 0.25) is 0 Å². The van der Waals surface area contributed by atoms with E-state index in [-0.39, 0.29) is 0 Å². The summed E-state index contributed by atoms with van der Waals surface area (Å²) in [5, 5.41) is 5.21. The average molecular weight is 338 g/mol. The molecular formula is C17H17F3N2O2. The van der Waals surface area contributed by atoms with E-state index in [1.165, 1.54) is 19.2 Å². The van der Waals surface area contributed by atoms with Gasteiger partial charge in [-0.25, -0.2) is 4.79 Å². The molecule has 0 bridgehead atoms. The molecular weight excluding hydrogens is 321 g/mol. The number of para-hydroxylation sites is 2. The van der Waals surface area contributed by atoms with Gasteiger partial charge in [-0.05, 0) is 36.8 Å². The summed E-state index contributed by atoms with van der Waals surface area (Å²) in [5.41, 5.74) is 0.0764. The Bertz CT molecular complexity index is 717. The van der Waals surface area contributed by atoms with Crippen LogP contribution in [0.1, 0.15) is 24.1 Å². The zero-order valence-corrected chi connectivity index (χ0v) is 13.1. The zero-order chi connectivity index (χ0) is 17.7. The van der Waals surface area contributed by atoms with Crippen LogP contribution in [0.15, 0.2) is 48.5 Å². The molecule has 2 aromatic carbocycles. The van der Waals surface area contributed by atoms with Crippen molar-refractivity contribution in [3.63, 3.8) is 0 Å². The Balaban J connectivity index is 2.06. The van der Waals surface area contributed by atoms with Crippen molar-refractivity contribution >= 4 is 11.7 Å². The Morgan fingerprint density at radius 2 is 1.83 bits per heavy atom. The van der Waals surface area contributed by atoms with E-state index in [0.29, 0.717) is 17.0 Å². The van der Waals surface area contributed by atoms with Crippen LogP contribution in [0, 0.1) is 0 Å². The van der Waals surface area contributed by atoms with Crippen molar-refractivity contribution in [2.45, 2.75) is 19.1 Å². The third-order valence-corrected chi connectivity index (χ3v) is 3.42. The van der Waals surface area contributed by atoms with Crippen LogP contribution in [-0.2, 0) is 6.18 Å². The van der Waals surface area contributed by atoms with Gasteiger partial charge in [0.05, 0.1) is 24.4 Å². The van der Waals surface area contributed by atoms with Gasteiger partial charge in [-0.15, -0.1) is 0 Å². The molecule has 0 unspecified atom stereocenters. The molecule has 4 nitrogen and oxygen atoms in total. The first-order chi connectivity index (χ1) is 11.3. The van der Waals surface area contributed by atoms with Crippen LogP contribution in [0.5, 0.6) is 5.75 Å². The number of methoxy groups -OCH3 is 1. The summed E-state index contributed by atoms with van der Waals surface area (Å²) in [6, 6.07) is 10.6. The molecule has 0 radical (unpaired) electrons. The van der Waals surface area contributed by atoms with Gasteiger partial charge in [0.1, 0.15) is 5.75 Å². The molecule has 0 aromatic heterocycles. The predicted octanol–water partition coefficient (Wildman–Crippen LogP) is 4.60. The fourth-order valence-electron chi connectivity index (χ4n) is 2.17. The lowest BCUT2D eigenvalue weighted by molar-refractivity contribution is -0.137. The average Bonchev–Trinajstić information content (AvgIpc) is 2.54. The highest BCUT2D eigenvalue weighted by atomic mass is 19.4. The molecule has 0 spiro atoms. The summed E-state index contributed by atoms with van der Waals surface area (Å²) < 4.78 is 43.4. The van der Waals surface area contributed by atoms with Crippen molar-refractivity contribution in [2.75, 3.05) is 12.4 Å². The Morgan fingerprint density at radius 1 is 1.12 bits per heavy atom. The van der Waals surface area contributed by atoms with E-state index in [1.807, 2.05) is 0 Å². The SMILES string of the molecule is COc1ccccc1NC(=O)N[C@@H](C)c1cccc(C(F)(F)F)c1. The minimum Gasteiger partial charge on any atom is -0.495 e. The highest BCUT2D eigenvalue weighted by Crippen LogP contribution is 2.30. The number of alkyl halides is 3. The monoisotopic (exact) mass is 338 g/mol. The molecule has 0 saturated carbocycles. The third kappa shape index (κ3) is 4.41. The van der Waals surface area contributed by atoms with Gasteiger partial charge in [-0.3, -0.25) is 0 Å². The number of halogens is 3. The van der Waals surface area contributed by atoms with Crippen LogP contribution in [0.4, 0.5) is 23.7 Å². The smallest absolute Gasteiger partial charge is 0.416 e. The fourth-order valence-corrected chi connectivity index (χ4v) is 2.17. The lowest BCUT2D eigenvalue weighted by Crippen LogP contribution is -2.31. The van der Waals surface area contributed by atoms with Crippen molar-refractivity contribution in [2.24, 2.45) is 0 Å². The van der Waals surface area contributed by atoms with Crippen LogP contribution in [0.25, 0.3) is 0 Å². The van der Waals surface area contributed by atoms with Crippen molar-refractivity contribution < 1.29 is 22.7 Å². The predicted molar refractivity (Wildman–Crippen MR) is 85.0 cm³/mol. The summed E-state index contributed by atoms with van der Waals surface area (Å²) >= 11 is 0. The molecule has 0 aliphatic rings. The Morgan fingerprint density at radius 3 is 2.50 bits per heavy atom. The molecule has 0 saturated heterocycles. The number of carbonyl (C=O) groups is 1. The molecule has 2 N–H and O–H groups in total. The number of hydrogen-bond donors (Lipinski definition) is 2. The Hall–Kier alpha value is -2.70. The molecule has 2 aromatic rings. The number of ether oxygens (including phenoxy) is 1. The molecule has 128 valence electrons. The molecule has 0 heterocycles. The number of carbonyl (C=O) groups excluding carboxylic acids is 1. The molecule has 2 rings (SSSR count). The van der Waals surface area contributed by atoms with E-state index < -0.39 is 23.8 Å². The molecule has 0 aliphatic heterocycles. The van der Waals surface area contributed by atoms with Crippen molar-refractivity contribution in [1.82, 2.24) is 5.32 Å². The Labute approximate surface area is 137 Å². The van der Waals surface area contributed by atoms with E-state index in [2.05, 4.69) is 10.6 Å². The lowest BCUT2D eigenvalue weighted by atomic mass is 10.1. The second kappa shape index (κ2) is 7.25. The minimum atomic E-state index is -4.42. The van der Waals surface area contributed by atoms with Gasteiger partial charge >= 0.3 is 12.2 Å². The van der Waals surface area contributed by atoms with Gasteiger partial charge in [0.25, 0.3) is 0 Å². The van der Waals surface area contributed by atoms with E-state index in [4.69, 9.17) is 4.74 Å². The number of urea groups is 1. The second-order valence-corrected chi connectivity index (χ2v) is 5.14. The summed E-state index contributed by atoms with van der Waals surface area (Å²) in [7, 11) is 1.48. The maximum absolute atomic E-state index is 12.8. The summed E-state index contributed by atoms with van der Waals surface area (Å²) in [6.07, 6.45) is -4.42. The van der Waals surface area contributed by atoms with Gasteiger partial charge in [0.2, 0.25) is 0 Å². The lowest BCUT2D eigenvalue weighted by Gasteiger charge is -2.17. The first-order valence-corrected chi connectivity index (χ1v) is 7.19. The normalized spacial score (nSPS) is 12.4. The highest BCUT2D eigenvalue weighted by Gasteiger charge is 2.30. The van der Waals surface area contributed by atoms with Crippen molar-refractivity contribution in [3.05, 3.63) is 59.7 Å². The van der Waals surface area contributed by atoms with Gasteiger partial charge in [0.15, 0.2) is 0 Å². The number of hydrogen-bond acceptors (Lipinski definition) is 2. The number of rotatable bonds is 4. The summed E-state index contributed by atoms with van der Waals surface area (Å²) in [4.78, 5) is 12.0. The van der Waals surface area contributed by atoms with Gasteiger partial charge in [-0.2, -0.15) is 13.2 Å². The summed E-state index contributed by atoms with van der Waals surface area (Å²) in [5.74, 6) is 0.486. The fraction of sp³-hybridized carbons (Fsp3) is 0.235. The molecule has 2 amide bonds. The van der Waals surface area contributed by atoms with E-state index in [0.717, 1.165) is 12.1 Å². The largest absolute Gasteiger partial charge is 0.495 e. The zero-order valence-electron chi connectivity index (χ0n) is 13.1. The van der Waals surface area contributed by atoms with Crippen molar-refractivity contribution in [3.8, 4) is 5.75 Å². The number of benzene rings is 2. The number of anilines is 1. The van der Waals surface area contributed by atoms with Crippen LogP contribution in [-0.4, -0.2) is 13.1 Å². The van der Waals surface area contributed by atoms with E-state index in [1.54, 1.807) is 31.2 Å². The number of nitrogens with one attached hydrogen (secondary N) is 2. The first kappa shape index (κ1) is 17.7. The maximum Gasteiger partial charge on any atom is 0.416 e. The topological polar surface area (TPSA) is 50.4 Å². The van der Waals surface area contributed by atoms with E-state index in [9.17, 15) is 18.0 Å². The van der Waals surface area contributed by atoms with E-state index >= 15 is 0 Å². The first-order valence-electron chi connectivity index (χ1n) is 7.19. The Kier molecular flexibility index (Phi) is 5.33. The standard InChI is InChI=1S/C17H17F3N2O2/c1-11(12-6-5-7-13(10-12)17(18,19)20)21-16(23)22-14-8-3-4-9-15(14)24-2/h3-11H,1-2H3,(H2,21,22,23)/t11-/m0/s1. The minimum absolute atomic E-state index is 0.361. The van der Waals surface area contributed by atoms with Crippen LogP contribution in [0.3, 0.4) is 0 Å². The molecule has 0 aliphatic carbocycles. The van der Waals surface area contributed by atoms with Crippen LogP contribution >= 0.6 is 0 Å². The van der Waals surface area contributed by atoms with Gasteiger partial charge in [-0.1, -0.05) is 24.3 Å². The molecule has 1 atom stereocenters. The third-order valence-electron chi connectivity index (χ3n) is 3.42. The quantitative estimate of drug-likeness (QED) is 0.856. The molecule has 7 heteroatoms. The van der Waals surface area contributed by atoms with Gasteiger partial charge < -0.3 is 15.4 Å². The van der Waals surface area contributed by atoms with Crippen molar-refractivity contribution in [1.29, 1.82) is 0 Å². The highest BCUT2D eigenvalue weighted by molar-refractivity contribution is 5.91.